The third-order valence-corrected chi connectivity index (χ3v) is 9.27. The molecule has 3 heterocycles. The summed E-state index contributed by atoms with van der Waals surface area (Å²) in [5.74, 6) is 3.66. The van der Waals surface area contributed by atoms with E-state index in [1.807, 2.05) is 6.07 Å². The van der Waals surface area contributed by atoms with Gasteiger partial charge in [0.1, 0.15) is 6.61 Å². The largest absolute Gasteiger partial charge is 1.00 e. The first kappa shape index (κ1) is 31.7. The van der Waals surface area contributed by atoms with Crippen LogP contribution in [0, 0.1) is 0 Å². The minimum Gasteiger partial charge on any atom is -1.00 e. The summed E-state index contributed by atoms with van der Waals surface area (Å²) in [7, 11) is 1.72. The van der Waals surface area contributed by atoms with Crippen molar-refractivity contribution in [1.29, 1.82) is 0 Å². The molecule has 0 atom stereocenters. The number of rotatable bonds is 7. The van der Waals surface area contributed by atoms with Gasteiger partial charge in [-0.25, -0.2) is 0 Å². The van der Waals surface area contributed by atoms with Crippen LogP contribution < -0.4 is 35.9 Å². The Hall–Kier alpha value is -4.22. The van der Waals surface area contributed by atoms with Gasteiger partial charge in [-0.05, 0) is 63.4 Å². The van der Waals surface area contributed by atoms with Crippen LogP contribution in [0.25, 0.3) is 22.0 Å². The first-order valence-corrected chi connectivity index (χ1v) is 16.0. The Morgan fingerprint density at radius 3 is 2.22 bits per heavy atom. The Labute approximate surface area is 278 Å². The van der Waals surface area contributed by atoms with Gasteiger partial charge in [-0.2, -0.15) is 4.57 Å². The predicted molar refractivity (Wildman–Crippen MR) is 179 cm³/mol. The Kier molecular flexibility index (Phi) is 8.64. The molecule has 0 fully saturated rings. The van der Waals surface area contributed by atoms with Gasteiger partial charge in [0.25, 0.3) is 0 Å². The molecule has 4 aromatic carbocycles. The van der Waals surface area contributed by atoms with Gasteiger partial charge in [-0.1, -0.05) is 83.1 Å². The van der Waals surface area contributed by atoms with Crippen molar-refractivity contribution in [3.05, 3.63) is 112 Å². The molecule has 0 saturated carbocycles. The number of pyridine rings is 1. The van der Waals surface area contributed by atoms with Crippen molar-refractivity contribution in [2.45, 2.75) is 71.9 Å². The molecule has 0 unspecified atom stereocenters. The highest BCUT2D eigenvalue weighted by atomic mass is 35.5. The molecule has 0 N–H and O–H groups in total. The normalized spacial score (nSPS) is 13.3. The summed E-state index contributed by atoms with van der Waals surface area (Å²) in [6.45, 7) is 12.8. The molecule has 5 aromatic rings. The van der Waals surface area contributed by atoms with Crippen molar-refractivity contribution < 1.29 is 35.9 Å². The van der Waals surface area contributed by atoms with Gasteiger partial charge in [0, 0.05) is 23.8 Å². The molecule has 5 nitrogen and oxygen atoms in total. The molecule has 0 radical (unpaired) electrons. The zero-order chi connectivity index (χ0) is 31.3. The van der Waals surface area contributed by atoms with Crippen LogP contribution in [0.2, 0.25) is 0 Å². The second kappa shape index (κ2) is 12.5. The van der Waals surface area contributed by atoms with Crippen LogP contribution in [0.4, 0.5) is 0 Å². The molecule has 2 aliphatic heterocycles. The number of fused-ring (bicyclic) bond motifs is 5. The van der Waals surface area contributed by atoms with Crippen LogP contribution in [0.1, 0.15) is 73.9 Å². The van der Waals surface area contributed by atoms with Crippen LogP contribution in [0.15, 0.2) is 79.0 Å². The van der Waals surface area contributed by atoms with E-state index in [9.17, 15) is 0 Å². The maximum absolute atomic E-state index is 6.65. The highest BCUT2D eigenvalue weighted by molar-refractivity contribution is 5.95. The lowest BCUT2D eigenvalue weighted by Gasteiger charge is -2.22. The van der Waals surface area contributed by atoms with E-state index in [0.29, 0.717) is 12.5 Å². The van der Waals surface area contributed by atoms with Crippen LogP contribution in [-0.2, 0) is 31.4 Å². The fraction of sp³-hybridized carbons (Fsp3) is 0.325. The lowest BCUT2D eigenvalue weighted by molar-refractivity contribution is -0.686. The van der Waals surface area contributed by atoms with Crippen molar-refractivity contribution in [1.82, 2.24) is 0 Å². The molecule has 0 bridgehead atoms. The fourth-order valence-electron chi connectivity index (χ4n) is 6.61. The molecule has 2 aliphatic rings. The van der Waals surface area contributed by atoms with E-state index in [4.69, 9.17) is 18.9 Å². The summed E-state index contributed by atoms with van der Waals surface area (Å²) in [5.41, 5.74) is 10.2. The maximum Gasteiger partial charge on any atom is 0.231 e. The van der Waals surface area contributed by atoms with E-state index >= 15 is 0 Å². The Morgan fingerprint density at radius 1 is 0.848 bits per heavy atom. The molecule has 0 amide bonds. The molecule has 0 saturated heterocycles. The summed E-state index contributed by atoms with van der Waals surface area (Å²) < 4.78 is 26.5. The first-order valence-electron chi connectivity index (χ1n) is 16.0. The fourth-order valence-corrected chi connectivity index (χ4v) is 6.61. The van der Waals surface area contributed by atoms with Crippen molar-refractivity contribution in [3.8, 4) is 34.3 Å². The number of aromatic nitrogens is 1. The van der Waals surface area contributed by atoms with Crippen LogP contribution in [0.3, 0.4) is 0 Å². The molecule has 1 aromatic heterocycles. The quantitative estimate of drug-likeness (QED) is 0.216. The van der Waals surface area contributed by atoms with Crippen LogP contribution >= 0.6 is 0 Å². The van der Waals surface area contributed by atoms with Gasteiger partial charge >= 0.3 is 0 Å². The molecular weight excluding hydrogens is 594 g/mol. The summed E-state index contributed by atoms with van der Waals surface area (Å²) in [5, 5.41) is 2.22. The van der Waals surface area contributed by atoms with E-state index in [2.05, 4.69) is 112 Å². The van der Waals surface area contributed by atoms with Crippen molar-refractivity contribution in [2.24, 2.45) is 0 Å². The van der Waals surface area contributed by atoms with Gasteiger partial charge in [-0.15, -0.1) is 0 Å². The average Bonchev–Trinajstić information content (AvgIpc) is 3.49. The van der Waals surface area contributed by atoms with Gasteiger partial charge in [-0.3, -0.25) is 0 Å². The lowest BCUT2D eigenvalue weighted by atomic mass is 9.87. The maximum atomic E-state index is 6.65. The average molecular weight is 636 g/mol. The number of nitrogens with zero attached hydrogens (tertiary/aromatic N) is 1. The highest BCUT2D eigenvalue weighted by Crippen LogP contribution is 2.44. The highest BCUT2D eigenvalue weighted by Gasteiger charge is 2.32. The molecule has 0 aliphatic carbocycles. The molecule has 6 heteroatoms. The van der Waals surface area contributed by atoms with Gasteiger partial charge in [0.2, 0.25) is 12.5 Å². The van der Waals surface area contributed by atoms with Gasteiger partial charge in [0.15, 0.2) is 35.7 Å². The molecule has 238 valence electrons. The van der Waals surface area contributed by atoms with Crippen LogP contribution in [0.5, 0.6) is 23.0 Å². The van der Waals surface area contributed by atoms with E-state index in [1.165, 1.54) is 44.5 Å². The van der Waals surface area contributed by atoms with E-state index in [1.54, 1.807) is 7.11 Å². The number of methoxy groups -OCH3 is 1. The van der Waals surface area contributed by atoms with Crippen molar-refractivity contribution in [2.75, 3.05) is 13.9 Å². The Bertz CT molecular complexity index is 1890. The van der Waals surface area contributed by atoms with Gasteiger partial charge < -0.3 is 31.4 Å². The zero-order valence-electron chi connectivity index (χ0n) is 27.6. The Morgan fingerprint density at radius 2 is 1.54 bits per heavy atom. The molecule has 7 rings (SSSR count). The SMILES string of the molecule is COc1ccc2c(Cc3ccc(C(C)C)cc3)c3[n+](cc2c1OCc1ccc(C(C)(C)C)cc1)CCc1cc2c(cc1-3)OCO2.[Cl-]. The number of ether oxygens (including phenoxy) is 4. The summed E-state index contributed by atoms with van der Waals surface area (Å²) >= 11 is 0. The standard InChI is InChI=1S/C40H42NO4.ClH/c1-25(2)28-11-7-26(8-12-28)19-33-31-15-16-35(42-6)39(43-23-27-9-13-30(14-10-27)40(3,4)5)34(31)22-41-18-17-29-20-36-37(45-24-44-36)21-32(29)38(33)41;/h7-16,20-22,25H,17-19,23-24H2,1-6H3;1H/q+1;/p-1. The van der Waals surface area contributed by atoms with Gasteiger partial charge in [0.05, 0.1) is 18.1 Å². The zero-order valence-corrected chi connectivity index (χ0v) is 28.3. The third kappa shape index (κ3) is 5.89. The monoisotopic (exact) mass is 635 g/mol. The number of benzene rings is 4. The minimum absolute atomic E-state index is 0. The first-order chi connectivity index (χ1) is 21.7. The predicted octanol–water partition coefficient (Wildman–Crippen LogP) is 5.68. The lowest BCUT2D eigenvalue weighted by Crippen LogP contribution is -3.00. The smallest absolute Gasteiger partial charge is 0.231 e. The number of hydrogen-bond acceptors (Lipinski definition) is 4. The topological polar surface area (TPSA) is 40.8 Å². The summed E-state index contributed by atoms with van der Waals surface area (Å²) in [6, 6.07) is 26.4. The molecule has 0 spiro atoms. The van der Waals surface area contributed by atoms with Crippen LogP contribution in [-0.4, -0.2) is 13.9 Å². The van der Waals surface area contributed by atoms with E-state index in [0.717, 1.165) is 53.3 Å². The number of aryl methyl sites for hydroxylation is 2. The molecule has 46 heavy (non-hydrogen) atoms. The summed E-state index contributed by atoms with van der Waals surface area (Å²) in [6.07, 6.45) is 3.96. The Balaban J connectivity index is 0.00000372. The number of halogens is 1. The second-order valence-corrected chi connectivity index (χ2v) is 13.6. The number of hydrogen-bond donors (Lipinski definition) is 0. The van der Waals surface area contributed by atoms with Crippen molar-refractivity contribution in [3.63, 3.8) is 0 Å². The minimum atomic E-state index is 0. The van der Waals surface area contributed by atoms with E-state index < -0.39 is 0 Å². The third-order valence-electron chi connectivity index (χ3n) is 9.27. The second-order valence-electron chi connectivity index (χ2n) is 13.6. The van der Waals surface area contributed by atoms with E-state index in [-0.39, 0.29) is 24.6 Å². The molecular formula is C40H42ClNO4. The van der Waals surface area contributed by atoms with Crippen molar-refractivity contribution >= 4 is 10.8 Å². The summed E-state index contributed by atoms with van der Waals surface area (Å²) in [4.78, 5) is 0.